The van der Waals surface area contributed by atoms with Gasteiger partial charge < -0.3 is 0 Å². The third kappa shape index (κ3) is 1.32. The van der Waals surface area contributed by atoms with E-state index >= 15 is 0 Å². The second-order valence-corrected chi connectivity index (χ2v) is 2.42. The summed E-state index contributed by atoms with van der Waals surface area (Å²) < 4.78 is 0. The van der Waals surface area contributed by atoms with Crippen LogP contribution in [0.1, 0.15) is 26.2 Å². The average Bonchev–Trinajstić information content (AvgIpc) is 1.63. The fourth-order valence-corrected chi connectivity index (χ4v) is 0.887. The smallest absolute Gasteiger partial charge is 0.0463 e. The van der Waals surface area contributed by atoms with Crippen molar-refractivity contribution in [2.24, 2.45) is 10.9 Å². The highest BCUT2D eigenvalue weighted by molar-refractivity contribution is 5.66. The molecule has 8 heavy (non-hydrogen) atoms. The van der Waals surface area contributed by atoms with Crippen molar-refractivity contribution in [2.45, 2.75) is 26.2 Å². The SMILES string of the molecule is CCCCC1C=NC1. The molecule has 0 radical (unpaired) electrons. The number of hydrogen-bond donors (Lipinski definition) is 0. The Morgan fingerprint density at radius 1 is 1.75 bits per heavy atom. The van der Waals surface area contributed by atoms with E-state index in [0.717, 1.165) is 12.5 Å². The first kappa shape index (κ1) is 5.80. The first-order valence-electron chi connectivity index (χ1n) is 3.43. The van der Waals surface area contributed by atoms with E-state index in [2.05, 4.69) is 18.1 Å². The van der Waals surface area contributed by atoms with Gasteiger partial charge in [0.05, 0.1) is 0 Å². The van der Waals surface area contributed by atoms with Crippen molar-refractivity contribution in [3.8, 4) is 0 Å². The second-order valence-electron chi connectivity index (χ2n) is 2.42. The molecule has 0 fully saturated rings. The lowest BCUT2D eigenvalue weighted by molar-refractivity contribution is 0.568. The third-order valence-corrected chi connectivity index (χ3v) is 1.58. The first-order valence-corrected chi connectivity index (χ1v) is 3.43. The molecule has 0 bridgehead atoms. The molecule has 0 saturated heterocycles. The van der Waals surface area contributed by atoms with E-state index in [1.165, 1.54) is 19.3 Å². The third-order valence-electron chi connectivity index (χ3n) is 1.58. The van der Waals surface area contributed by atoms with Crippen molar-refractivity contribution in [1.29, 1.82) is 0 Å². The van der Waals surface area contributed by atoms with Gasteiger partial charge in [0, 0.05) is 18.7 Å². The lowest BCUT2D eigenvalue weighted by Crippen LogP contribution is -2.15. The van der Waals surface area contributed by atoms with Crippen molar-refractivity contribution in [2.75, 3.05) is 6.54 Å². The Hall–Kier alpha value is -0.330. The van der Waals surface area contributed by atoms with Crippen LogP contribution in [0.15, 0.2) is 4.99 Å². The molecule has 0 amide bonds. The lowest BCUT2D eigenvalue weighted by Gasteiger charge is -2.14. The molecule has 0 spiro atoms. The van der Waals surface area contributed by atoms with Gasteiger partial charge in [0.15, 0.2) is 0 Å². The van der Waals surface area contributed by atoms with Gasteiger partial charge in [-0.3, -0.25) is 4.99 Å². The Balaban J connectivity index is 1.95. The van der Waals surface area contributed by atoms with E-state index in [-0.39, 0.29) is 0 Å². The molecule has 1 aliphatic rings. The molecule has 0 aromatic heterocycles. The highest BCUT2D eigenvalue weighted by atomic mass is 14.8. The monoisotopic (exact) mass is 111 g/mol. The van der Waals surface area contributed by atoms with Crippen LogP contribution in [-0.2, 0) is 0 Å². The van der Waals surface area contributed by atoms with Gasteiger partial charge in [-0.05, 0) is 6.42 Å². The molecular formula is C7H13N. The van der Waals surface area contributed by atoms with E-state index in [0.29, 0.717) is 0 Å². The largest absolute Gasteiger partial charge is 0.296 e. The average molecular weight is 111 g/mol. The van der Waals surface area contributed by atoms with Crippen molar-refractivity contribution in [1.82, 2.24) is 0 Å². The number of nitrogens with zero attached hydrogens (tertiary/aromatic N) is 1. The molecule has 1 rings (SSSR count). The van der Waals surface area contributed by atoms with Crippen molar-refractivity contribution < 1.29 is 0 Å². The fraction of sp³-hybridized carbons (Fsp3) is 0.857. The Labute approximate surface area is 50.8 Å². The molecule has 0 aliphatic carbocycles. The minimum Gasteiger partial charge on any atom is -0.296 e. The summed E-state index contributed by atoms with van der Waals surface area (Å²) in [6.45, 7) is 3.33. The standard InChI is InChI=1S/C7H13N/c1-2-3-4-7-5-8-6-7/h5,7H,2-4,6H2,1H3. The van der Waals surface area contributed by atoms with Crippen molar-refractivity contribution >= 4 is 6.21 Å². The van der Waals surface area contributed by atoms with Crippen LogP contribution >= 0.6 is 0 Å². The Bertz CT molecular complexity index is 86.4. The molecule has 1 atom stereocenters. The van der Waals surface area contributed by atoms with E-state index in [1.807, 2.05) is 0 Å². The molecular weight excluding hydrogens is 98.1 g/mol. The second kappa shape index (κ2) is 2.85. The first-order chi connectivity index (χ1) is 3.93. The van der Waals surface area contributed by atoms with Crippen molar-refractivity contribution in [3.63, 3.8) is 0 Å². The predicted molar refractivity (Wildman–Crippen MR) is 36.4 cm³/mol. The zero-order chi connectivity index (χ0) is 5.82. The summed E-state index contributed by atoms with van der Waals surface area (Å²) >= 11 is 0. The number of aliphatic imine (C=N–C) groups is 1. The molecule has 0 saturated carbocycles. The summed E-state index contributed by atoms with van der Waals surface area (Å²) in [5, 5.41) is 0. The summed E-state index contributed by atoms with van der Waals surface area (Å²) in [7, 11) is 0. The minimum absolute atomic E-state index is 0.843. The summed E-state index contributed by atoms with van der Waals surface area (Å²) in [6.07, 6.45) is 6.14. The normalized spacial score (nSPS) is 25.4. The van der Waals surface area contributed by atoms with E-state index in [9.17, 15) is 0 Å². The van der Waals surface area contributed by atoms with Gasteiger partial charge in [0.1, 0.15) is 0 Å². The highest BCUT2D eigenvalue weighted by Crippen LogP contribution is 2.11. The van der Waals surface area contributed by atoms with Crippen LogP contribution in [0.2, 0.25) is 0 Å². The van der Waals surface area contributed by atoms with E-state index < -0.39 is 0 Å². The summed E-state index contributed by atoms with van der Waals surface area (Å²) in [4.78, 5) is 4.03. The van der Waals surface area contributed by atoms with Crippen LogP contribution in [0.3, 0.4) is 0 Å². The van der Waals surface area contributed by atoms with E-state index in [1.54, 1.807) is 0 Å². The molecule has 1 unspecified atom stereocenters. The molecule has 1 heterocycles. The quantitative estimate of drug-likeness (QED) is 0.527. The maximum absolute atomic E-state index is 4.03. The van der Waals surface area contributed by atoms with Crippen LogP contribution in [0.4, 0.5) is 0 Å². The molecule has 46 valence electrons. The Morgan fingerprint density at radius 2 is 2.50 bits per heavy atom. The lowest BCUT2D eigenvalue weighted by atomic mass is 10.0. The van der Waals surface area contributed by atoms with Crippen LogP contribution in [0.25, 0.3) is 0 Å². The van der Waals surface area contributed by atoms with E-state index in [4.69, 9.17) is 0 Å². The van der Waals surface area contributed by atoms with Gasteiger partial charge in [-0.1, -0.05) is 19.8 Å². The number of hydrogen-bond acceptors (Lipinski definition) is 1. The van der Waals surface area contributed by atoms with Gasteiger partial charge in [-0.2, -0.15) is 0 Å². The van der Waals surface area contributed by atoms with Crippen LogP contribution in [0, 0.1) is 5.92 Å². The van der Waals surface area contributed by atoms with Gasteiger partial charge >= 0.3 is 0 Å². The fourth-order valence-electron chi connectivity index (χ4n) is 0.887. The Morgan fingerprint density at radius 3 is 2.88 bits per heavy atom. The predicted octanol–water partition coefficient (Wildman–Crippen LogP) is 1.88. The maximum atomic E-state index is 4.03. The van der Waals surface area contributed by atoms with Crippen molar-refractivity contribution in [3.05, 3.63) is 0 Å². The summed E-state index contributed by atoms with van der Waals surface area (Å²) in [5.41, 5.74) is 0. The minimum atomic E-state index is 0.843. The topological polar surface area (TPSA) is 12.4 Å². The molecule has 0 aromatic carbocycles. The molecule has 1 nitrogen and oxygen atoms in total. The number of unbranched alkanes of at least 4 members (excludes halogenated alkanes) is 1. The molecule has 0 aromatic rings. The molecule has 0 N–H and O–H groups in total. The van der Waals surface area contributed by atoms with Crippen LogP contribution in [0.5, 0.6) is 0 Å². The summed E-state index contributed by atoms with van der Waals surface area (Å²) in [5.74, 6) is 0.843. The van der Waals surface area contributed by atoms with Crippen LogP contribution in [-0.4, -0.2) is 12.8 Å². The summed E-state index contributed by atoms with van der Waals surface area (Å²) in [6, 6.07) is 0. The molecule has 1 heteroatoms. The van der Waals surface area contributed by atoms with Gasteiger partial charge in [-0.25, -0.2) is 0 Å². The molecule has 1 aliphatic heterocycles. The van der Waals surface area contributed by atoms with Gasteiger partial charge in [0.2, 0.25) is 0 Å². The van der Waals surface area contributed by atoms with Gasteiger partial charge in [0.25, 0.3) is 0 Å². The maximum Gasteiger partial charge on any atom is 0.0463 e. The Kier molecular flexibility index (Phi) is 2.07. The number of rotatable bonds is 3. The highest BCUT2D eigenvalue weighted by Gasteiger charge is 2.09. The van der Waals surface area contributed by atoms with Crippen LogP contribution < -0.4 is 0 Å². The zero-order valence-corrected chi connectivity index (χ0v) is 5.43. The van der Waals surface area contributed by atoms with Gasteiger partial charge in [-0.15, -0.1) is 0 Å². The zero-order valence-electron chi connectivity index (χ0n) is 5.43.